The third-order valence-corrected chi connectivity index (χ3v) is 8.39. The summed E-state index contributed by atoms with van der Waals surface area (Å²) in [5.41, 5.74) is 10.2. The van der Waals surface area contributed by atoms with Crippen LogP contribution in [-0.2, 0) is 0 Å². The van der Waals surface area contributed by atoms with Crippen LogP contribution < -0.4 is 8.62 Å². The Morgan fingerprint density at radius 2 is 0.800 bits per heavy atom. The molecule has 0 spiro atoms. The van der Waals surface area contributed by atoms with E-state index in [1.807, 2.05) is 0 Å². The molecule has 2 nitrogen and oxygen atoms in total. The van der Waals surface area contributed by atoms with Crippen LogP contribution in [0, 0.1) is 0 Å². The molecule has 4 heteroatoms. The Morgan fingerprint density at radius 3 is 1.25 bits per heavy atom. The van der Waals surface area contributed by atoms with Gasteiger partial charge in [-0.25, -0.2) is 0 Å². The first-order valence-electron chi connectivity index (χ1n) is 13.9. The maximum atomic E-state index is 2.43. The molecule has 8 aromatic rings. The standard InChI is InChI=1S/C36H26B2N2/c1-3-13-27(14-4-1)31-25-29-17-7-9-23-39(29)37-33(31)19-11-21-35(37)36-22-12-20-34-32(28-15-5-2-6-16-28)26-30-18-8-10-24-40(30)38(34)36/h1-26H. The fourth-order valence-corrected chi connectivity index (χ4v) is 6.64. The molecule has 0 N–H and O–H groups in total. The lowest BCUT2D eigenvalue weighted by Gasteiger charge is -2.23. The molecule has 0 amide bonds. The van der Waals surface area contributed by atoms with E-state index in [2.05, 4.69) is 167 Å². The number of rotatable bonds is 3. The highest BCUT2D eigenvalue weighted by Crippen LogP contribution is 2.30. The number of fused-ring (bicyclic) bond motifs is 6. The first-order valence-corrected chi connectivity index (χ1v) is 13.9. The fourth-order valence-electron chi connectivity index (χ4n) is 6.64. The number of hydrogen-bond acceptors (Lipinski definition) is 0. The van der Waals surface area contributed by atoms with Gasteiger partial charge in [-0.05, 0) is 34.4 Å². The molecule has 0 fully saturated rings. The molecule has 40 heavy (non-hydrogen) atoms. The van der Waals surface area contributed by atoms with Crippen LogP contribution in [0.4, 0.5) is 0 Å². The predicted molar refractivity (Wildman–Crippen MR) is 167 cm³/mol. The van der Waals surface area contributed by atoms with Crippen LogP contribution in [0.5, 0.6) is 0 Å². The van der Waals surface area contributed by atoms with Gasteiger partial charge in [0, 0.05) is 24.3 Å². The smallest absolute Gasteiger partial charge is 0.234 e. The zero-order chi connectivity index (χ0) is 26.5. The molecule has 0 aliphatic heterocycles. The van der Waals surface area contributed by atoms with Crippen molar-refractivity contribution in [1.29, 1.82) is 0 Å². The second kappa shape index (κ2) is 9.36. The lowest BCUT2D eigenvalue weighted by atomic mass is 9.59. The van der Waals surface area contributed by atoms with Crippen molar-refractivity contribution in [1.82, 2.24) is 0 Å². The minimum atomic E-state index is 0.0826. The van der Waals surface area contributed by atoms with Crippen LogP contribution in [0.2, 0.25) is 0 Å². The molecule has 8 rings (SSSR count). The van der Waals surface area contributed by atoms with Gasteiger partial charge < -0.3 is 8.62 Å². The molecule has 0 aliphatic rings. The monoisotopic (exact) mass is 508 g/mol. The highest BCUT2D eigenvalue weighted by atomic mass is 14.8. The molecular formula is C36H26B2N2. The minimum absolute atomic E-state index is 0.0826. The zero-order valence-electron chi connectivity index (χ0n) is 22.1. The van der Waals surface area contributed by atoms with Gasteiger partial charge in [0.2, 0.25) is 12.6 Å². The third-order valence-electron chi connectivity index (χ3n) is 8.39. The summed E-state index contributed by atoms with van der Waals surface area (Å²) in [5.74, 6) is 0. The van der Waals surface area contributed by atoms with E-state index in [0.717, 1.165) is 0 Å². The van der Waals surface area contributed by atoms with Gasteiger partial charge in [0.1, 0.15) is 12.4 Å². The molecule has 0 aliphatic carbocycles. The maximum absolute atomic E-state index is 2.43. The molecule has 0 radical (unpaired) electrons. The van der Waals surface area contributed by atoms with Crippen LogP contribution in [0.25, 0.3) is 54.8 Å². The van der Waals surface area contributed by atoms with E-state index >= 15 is 0 Å². The summed E-state index contributed by atoms with van der Waals surface area (Å²) in [6, 6.07) is 53.0. The average molecular weight is 508 g/mol. The van der Waals surface area contributed by atoms with E-state index in [1.54, 1.807) is 0 Å². The highest BCUT2D eigenvalue weighted by molar-refractivity contribution is 6.68. The van der Waals surface area contributed by atoms with E-state index in [4.69, 9.17) is 0 Å². The first-order chi connectivity index (χ1) is 19.9. The maximum Gasteiger partial charge on any atom is 0.234 e. The van der Waals surface area contributed by atoms with Crippen molar-refractivity contribution in [2.75, 3.05) is 0 Å². The van der Waals surface area contributed by atoms with E-state index in [9.17, 15) is 0 Å². The normalized spacial score (nSPS) is 11.5. The molecule has 0 bridgehead atoms. The lowest BCUT2D eigenvalue weighted by molar-refractivity contribution is -0.450. The highest BCUT2D eigenvalue weighted by Gasteiger charge is 2.14. The van der Waals surface area contributed by atoms with Gasteiger partial charge in [0.25, 0.3) is 0 Å². The Morgan fingerprint density at radius 1 is 0.375 bits per heavy atom. The molecule has 6 aromatic heterocycles. The lowest BCUT2D eigenvalue weighted by Crippen LogP contribution is -2.37. The van der Waals surface area contributed by atoms with Crippen molar-refractivity contribution in [2.45, 2.75) is 0 Å². The van der Waals surface area contributed by atoms with Gasteiger partial charge in [-0.3, -0.25) is 0 Å². The van der Waals surface area contributed by atoms with Gasteiger partial charge in [-0.1, -0.05) is 109 Å². The second-order valence-corrected chi connectivity index (χ2v) is 10.6. The molecule has 0 saturated heterocycles. The largest absolute Gasteiger partial charge is 0.424 e. The Bertz CT molecular complexity index is 2050. The van der Waals surface area contributed by atoms with Crippen molar-refractivity contribution < 1.29 is 8.62 Å². The number of benzene rings is 2. The molecule has 0 atom stereocenters. The number of nitrogens with zero attached hydrogens (tertiary/aromatic N) is 2. The summed E-state index contributed by atoms with van der Waals surface area (Å²) in [7, 11) is 0. The Hall–Kier alpha value is -4.95. The molecular weight excluding hydrogens is 482 g/mol. The van der Waals surface area contributed by atoms with Crippen LogP contribution in [0.1, 0.15) is 0 Å². The summed E-state index contributed by atoms with van der Waals surface area (Å²) in [4.78, 5) is 0. The number of hydrogen-bond donors (Lipinski definition) is 0. The summed E-state index contributed by atoms with van der Waals surface area (Å²) in [6.45, 7) is 0. The molecule has 0 saturated carbocycles. The van der Waals surface area contributed by atoms with Gasteiger partial charge in [0.05, 0.1) is 0 Å². The zero-order valence-corrected chi connectivity index (χ0v) is 22.1. The van der Waals surface area contributed by atoms with Crippen molar-refractivity contribution >= 4 is 34.2 Å². The van der Waals surface area contributed by atoms with Crippen molar-refractivity contribution in [3.63, 3.8) is 0 Å². The van der Waals surface area contributed by atoms with E-state index in [1.165, 1.54) is 54.8 Å². The molecule has 6 heterocycles. The summed E-state index contributed by atoms with van der Waals surface area (Å²) < 4.78 is 4.87. The van der Waals surface area contributed by atoms with Crippen LogP contribution >= 0.6 is 0 Å². The number of pyridine rings is 2. The quantitative estimate of drug-likeness (QED) is 0.225. The molecule has 186 valence electrons. The van der Waals surface area contributed by atoms with Crippen molar-refractivity contribution in [2.24, 2.45) is 0 Å². The Balaban J connectivity index is 1.55. The average Bonchev–Trinajstić information content (AvgIpc) is 3.04. The van der Waals surface area contributed by atoms with Gasteiger partial charge in [0.15, 0.2) is 11.0 Å². The third kappa shape index (κ3) is 3.60. The Kier molecular flexibility index (Phi) is 5.38. The molecule has 0 unspecified atom stereocenters. The minimum Gasteiger partial charge on any atom is -0.424 e. The van der Waals surface area contributed by atoms with Gasteiger partial charge in [-0.15, -0.1) is 10.6 Å². The molecule has 2 aromatic carbocycles. The van der Waals surface area contributed by atoms with Gasteiger partial charge in [-0.2, -0.15) is 10.9 Å². The SMILES string of the molecule is c1ccc(-c2cc3cccc[n+]3[b-]3c(-c4cccc5[b-]4[n+]4ccccc4cc5-c4ccccc4)cccc32)cc1. The topological polar surface area (TPSA) is 8.20 Å². The van der Waals surface area contributed by atoms with E-state index < -0.39 is 0 Å². The summed E-state index contributed by atoms with van der Waals surface area (Å²) >= 11 is 0. The number of aromatic nitrogens is 2. The summed E-state index contributed by atoms with van der Waals surface area (Å²) in [5, 5.41) is 2.66. The fraction of sp³-hybridized carbons (Fsp3) is 0. The second-order valence-electron chi connectivity index (χ2n) is 10.6. The van der Waals surface area contributed by atoms with Crippen molar-refractivity contribution in [3.8, 4) is 33.2 Å². The first kappa shape index (κ1) is 23.0. The van der Waals surface area contributed by atoms with E-state index in [-0.39, 0.29) is 12.6 Å². The summed E-state index contributed by atoms with van der Waals surface area (Å²) in [6.07, 6.45) is 4.62. The van der Waals surface area contributed by atoms with Crippen LogP contribution in [0.3, 0.4) is 0 Å². The van der Waals surface area contributed by atoms with Crippen molar-refractivity contribution in [3.05, 3.63) is 158 Å². The van der Waals surface area contributed by atoms with E-state index in [0.29, 0.717) is 0 Å². The van der Waals surface area contributed by atoms with Crippen LogP contribution in [0.15, 0.2) is 158 Å². The predicted octanol–water partition coefficient (Wildman–Crippen LogP) is 7.12. The Labute approximate surface area is 233 Å². The van der Waals surface area contributed by atoms with Crippen LogP contribution in [-0.4, -0.2) is 12.6 Å². The van der Waals surface area contributed by atoms with Gasteiger partial charge >= 0.3 is 0 Å².